The predicted molar refractivity (Wildman–Crippen MR) is 97.4 cm³/mol. The molecule has 2 rings (SSSR count). The minimum absolute atomic E-state index is 0.0995. The Bertz CT molecular complexity index is 835. The van der Waals surface area contributed by atoms with E-state index in [0.29, 0.717) is 5.02 Å². The Balaban J connectivity index is 2.04. The van der Waals surface area contributed by atoms with Gasteiger partial charge in [-0.05, 0) is 56.2 Å². The highest BCUT2D eigenvalue weighted by Crippen LogP contribution is 2.22. The minimum atomic E-state index is -3.51. The van der Waals surface area contributed by atoms with E-state index in [1.54, 1.807) is 0 Å². The van der Waals surface area contributed by atoms with Gasteiger partial charge in [0.1, 0.15) is 0 Å². The van der Waals surface area contributed by atoms with E-state index in [2.05, 4.69) is 5.32 Å². The number of carbonyl (C=O) groups excluding carboxylic acids is 1. The molecule has 4 nitrogen and oxygen atoms in total. The van der Waals surface area contributed by atoms with E-state index >= 15 is 0 Å². The van der Waals surface area contributed by atoms with Crippen LogP contribution in [0.15, 0.2) is 41.3 Å². The summed E-state index contributed by atoms with van der Waals surface area (Å²) in [5.41, 5.74) is 3.78. The highest BCUT2D eigenvalue weighted by Gasteiger charge is 2.17. The summed E-state index contributed by atoms with van der Waals surface area (Å²) >= 11 is 5.76. The summed E-state index contributed by atoms with van der Waals surface area (Å²) in [6.45, 7) is 5.82. The third kappa shape index (κ3) is 4.58. The Hall–Kier alpha value is -1.85. The maximum Gasteiger partial charge on any atom is 0.225 e. The Kier molecular flexibility index (Phi) is 5.67. The van der Waals surface area contributed by atoms with Crippen molar-refractivity contribution < 1.29 is 13.2 Å². The van der Waals surface area contributed by atoms with Gasteiger partial charge in [-0.2, -0.15) is 0 Å². The van der Waals surface area contributed by atoms with E-state index in [1.165, 1.54) is 24.3 Å². The Morgan fingerprint density at radius 1 is 1.04 bits per heavy atom. The van der Waals surface area contributed by atoms with Gasteiger partial charge in [0.2, 0.25) is 5.91 Å². The third-order valence-corrected chi connectivity index (χ3v) is 5.70. The Morgan fingerprint density at radius 2 is 1.58 bits per heavy atom. The van der Waals surface area contributed by atoms with Gasteiger partial charge in [0.15, 0.2) is 9.84 Å². The molecule has 0 radical (unpaired) electrons. The monoisotopic (exact) mass is 365 g/mol. The second-order valence-electron chi connectivity index (χ2n) is 5.84. The quantitative estimate of drug-likeness (QED) is 0.868. The molecule has 0 bridgehead atoms. The molecule has 0 aromatic heterocycles. The number of halogens is 1. The maximum atomic E-state index is 12.3. The first-order chi connectivity index (χ1) is 11.2. The van der Waals surface area contributed by atoms with Gasteiger partial charge in [-0.1, -0.05) is 29.3 Å². The Labute approximate surface area is 147 Å². The normalized spacial score (nSPS) is 11.3. The molecule has 128 valence electrons. The van der Waals surface area contributed by atoms with Gasteiger partial charge >= 0.3 is 0 Å². The lowest BCUT2D eigenvalue weighted by Gasteiger charge is -2.13. The number of benzene rings is 2. The van der Waals surface area contributed by atoms with Crippen LogP contribution < -0.4 is 5.32 Å². The molecule has 0 aliphatic heterocycles. The number of amides is 1. The average molecular weight is 366 g/mol. The van der Waals surface area contributed by atoms with E-state index in [4.69, 9.17) is 11.6 Å². The molecule has 6 heteroatoms. The number of hydrogen-bond acceptors (Lipinski definition) is 3. The van der Waals surface area contributed by atoms with Crippen LogP contribution in [0.1, 0.15) is 23.1 Å². The first-order valence-electron chi connectivity index (χ1n) is 7.55. The fourth-order valence-corrected chi connectivity index (χ4v) is 3.93. The zero-order chi connectivity index (χ0) is 17.9. The maximum absolute atomic E-state index is 12.3. The van der Waals surface area contributed by atoms with Crippen LogP contribution in [0.3, 0.4) is 0 Å². The second kappa shape index (κ2) is 7.36. The number of carbonyl (C=O) groups is 1. The molecule has 0 fully saturated rings. The van der Waals surface area contributed by atoms with E-state index in [0.717, 1.165) is 22.4 Å². The summed E-state index contributed by atoms with van der Waals surface area (Å²) in [5.74, 6) is -0.563. The van der Waals surface area contributed by atoms with E-state index in [1.807, 2.05) is 32.9 Å². The zero-order valence-corrected chi connectivity index (χ0v) is 15.5. The van der Waals surface area contributed by atoms with Crippen LogP contribution in [0.2, 0.25) is 5.02 Å². The van der Waals surface area contributed by atoms with Crippen LogP contribution in [0, 0.1) is 20.8 Å². The summed E-state index contributed by atoms with van der Waals surface area (Å²) in [6, 6.07) is 9.90. The second-order valence-corrected chi connectivity index (χ2v) is 8.39. The third-order valence-electron chi connectivity index (χ3n) is 3.71. The molecule has 0 atom stereocenters. The average Bonchev–Trinajstić information content (AvgIpc) is 2.49. The molecule has 0 saturated carbocycles. The van der Waals surface area contributed by atoms with Crippen molar-refractivity contribution in [2.24, 2.45) is 0 Å². The van der Waals surface area contributed by atoms with E-state index in [9.17, 15) is 13.2 Å². The van der Waals surface area contributed by atoms with Crippen molar-refractivity contribution in [3.63, 3.8) is 0 Å². The molecular weight excluding hydrogens is 346 g/mol. The van der Waals surface area contributed by atoms with Crippen LogP contribution in [-0.2, 0) is 14.6 Å². The van der Waals surface area contributed by atoms with Gasteiger partial charge in [0.25, 0.3) is 0 Å². The number of aryl methyl sites for hydroxylation is 3. The van der Waals surface area contributed by atoms with E-state index in [-0.39, 0.29) is 23.0 Å². The number of nitrogens with one attached hydrogen (secondary N) is 1. The van der Waals surface area contributed by atoms with Crippen molar-refractivity contribution in [3.8, 4) is 0 Å². The predicted octanol–water partition coefficient (Wildman–Crippen LogP) is 4.07. The van der Waals surface area contributed by atoms with Gasteiger partial charge in [-0.3, -0.25) is 4.79 Å². The molecule has 0 aliphatic carbocycles. The number of anilines is 1. The molecule has 1 amide bonds. The lowest BCUT2D eigenvalue weighted by Crippen LogP contribution is -2.18. The van der Waals surface area contributed by atoms with Gasteiger partial charge in [0.05, 0.1) is 10.6 Å². The fraction of sp³-hybridized carbons (Fsp3) is 0.278. The minimum Gasteiger partial charge on any atom is -0.326 e. The van der Waals surface area contributed by atoms with Crippen LogP contribution in [0.5, 0.6) is 0 Å². The molecule has 1 N–H and O–H groups in total. The molecule has 24 heavy (non-hydrogen) atoms. The van der Waals surface area contributed by atoms with Crippen molar-refractivity contribution in [2.45, 2.75) is 32.1 Å². The molecule has 2 aromatic rings. The van der Waals surface area contributed by atoms with Crippen molar-refractivity contribution in [1.29, 1.82) is 0 Å². The summed E-state index contributed by atoms with van der Waals surface area (Å²) in [4.78, 5) is 12.3. The first-order valence-corrected chi connectivity index (χ1v) is 9.58. The largest absolute Gasteiger partial charge is 0.326 e. The van der Waals surface area contributed by atoms with Crippen LogP contribution >= 0.6 is 11.6 Å². The summed E-state index contributed by atoms with van der Waals surface area (Å²) in [6.07, 6.45) is -0.0995. The summed E-state index contributed by atoms with van der Waals surface area (Å²) in [5, 5.41) is 3.28. The summed E-state index contributed by atoms with van der Waals surface area (Å²) < 4.78 is 24.5. The van der Waals surface area contributed by atoms with Crippen molar-refractivity contribution in [3.05, 3.63) is 58.1 Å². The van der Waals surface area contributed by atoms with Crippen molar-refractivity contribution in [1.82, 2.24) is 0 Å². The van der Waals surface area contributed by atoms with Gasteiger partial charge in [-0.25, -0.2) is 8.42 Å². The van der Waals surface area contributed by atoms with Gasteiger partial charge in [-0.15, -0.1) is 0 Å². The SMILES string of the molecule is Cc1cc(C)c(NC(=O)CCS(=O)(=O)c2ccc(Cl)cc2)c(C)c1. The highest BCUT2D eigenvalue weighted by atomic mass is 35.5. The molecule has 0 spiro atoms. The molecule has 0 saturated heterocycles. The van der Waals surface area contributed by atoms with Crippen LogP contribution in [0.25, 0.3) is 0 Å². The van der Waals surface area contributed by atoms with E-state index < -0.39 is 9.84 Å². The highest BCUT2D eigenvalue weighted by molar-refractivity contribution is 7.91. The van der Waals surface area contributed by atoms with Crippen molar-refractivity contribution in [2.75, 3.05) is 11.1 Å². The number of rotatable bonds is 5. The zero-order valence-electron chi connectivity index (χ0n) is 13.9. The lowest BCUT2D eigenvalue weighted by atomic mass is 10.1. The smallest absolute Gasteiger partial charge is 0.225 e. The fourth-order valence-electron chi connectivity index (χ4n) is 2.57. The van der Waals surface area contributed by atoms with Crippen LogP contribution in [0.4, 0.5) is 5.69 Å². The first kappa shape index (κ1) is 18.5. The topological polar surface area (TPSA) is 63.2 Å². The van der Waals surface area contributed by atoms with Gasteiger partial charge < -0.3 is 5.32 Å². The van der Waals surface area contributed by atoms with Crippen LogP contribution in [-0.4, -0.2) is 20.1 Å². The summed E-state index contributed by atoms with van der Waals surface area (Å²) in [7, 11) is -3.51. The number of hydrogen-bond donors (Lipinski definition) is 1. The molecular formula is C18H20ClNO3S. The standard InChI is InChI=1S/C18H20ClNO3S/c1-12-10-13(2)18(14(3)11-12)20-17(21)8-9-24(22,23)16-6-4-15(19)5-7-16/h4-7,10-11H,8-9H2,1-3H3,(H,20,21). The number of sulfone groups is 1. The molecule has 0 heterocycles. The molecule has 0 unspecified atom stereocenters. The lowest BCUT2D eigenvalue weighted by molar-refractivity contribution is -0.115. The molecule has 0 aliphatic rings. The van der Waals surface area contributed by atoms with Gasteiger partial charge in [0, 0.05) is 17.1 Å². The molecule has 2 aromatic carbocycles. The van der Waals surface area contributed by atoms with Crippen molar-refractivity contribution >= 4 is 33.0 Å². The Morgan fingerprint density at radius 3 is 2.12 bits per heavy atom.